The lowest BCUT2D eigenvalue weighted by Crippen LogP contribution is -2.33. The molecule has 2 unspecified atom stereocenters. The van der Waals surface area contributed by atoms with Gasteiger partial charge in [0.05, 0.1) is 12.2 Å². The number of fused-ring (bicyclic) bond motifs is 1. The molecule has 2 aromatic heterocycles. The van der Waals surface area contributed by atoms with Gasteiger partial charge < -0.3 is 0 Å². The molecule has 0 aliphatic carbocycles. The van der Waals surface area contributed by atoms with Gasteiger partial charge in [-0.05, 0) is 65.0 Å². The van der Waals surface area contributed by atoms with Crippen LogP contribution in [0.2, 0.25) is 0 Å². The second-order valence-electron chi connectivity index (χ2n) is 6.78. The van der Waals surface area contributed by atoms with Crippen molar-refractivity contribution in [1.29, 1.82) is 0 Å². The molecule has 2 aliphatic heterocycles. The monoisotopic (exact) mass is 299 g/mol. The molecule has 4 rings (SSSR count). The van der Waals surface area contributed by atoms with E-state index in [4.69, 9.17) is 4.98 Å². The van der Waals surface area contributed by atoms with Gasteiger partial charge in [0, 0.05) is 6.20 Å². The fourth-order valence-corrected chi connectivity index (χ4v) is 4.10. The molecule has 0 bridgehead atoms. The van der Waals surface area contributed by atoms with Gasteiger partial charge in [-0.15, -0.1) is 0 Å². The van der Waals surface area contributed by atoms with Crippen LogP contribution in [0, 0.1) is 0 Å². The summed E-state index contributed by atoms with van der Waals surface area (Å²) in [5, 5.41) is 0. The van der Waals surface area contributed by atoms with Gasteiger partial charge in [-0.3, -0.25) is 14.4 Å². The van der Waals surface area contributed by atoms with Gasteiger partial charge in [0.15, 0.2) is 5.65 Å². The largest absolute Gasteiger partial charge is 0.297 e. The van der Waals surface area contributed by atoms with E-state index in [9.17, 15) is 0 Å². The van der Waals surface area contributed by atoms with Crippen LogP contribution < -0.4 is 0 Å². The van der Waals surface area contributed by atoms with E-state index in [-0.39, 0.29) is 0 Å². The van der Waals surface area contributed by atoms with Gasteiger partial charge in [0.1, 0.15) is 11.3 Å². The van der Waals surface area contributed by atoms with Gasteiger partial charge in [0.25, 0.3) is 0 Å². The van der Waals surface area contributed by atoms with Gasteiger partial charge >= 0.3 is 0 Å². The van der Waals surface area contributed by atoms with E-state index in [2.05, 4.69) is 39.5 Å². The zero-order valence-electron chi connectivity index (χ0n) is 13.6. The van der Waals surface area contributed by atoms with Crippen LogP contribution in [0.1, 0.15) is 50.1 Å². The van der Waals surface area contributed by atoms with Crippen molar-refractivity contribution in [2.75, 3.05) is 27.2 Å². The molecule has 2 aromatic rings. The minimum Gasteiger partial charge on any atom is -0.297 e. The SMILES string of the molecule is CN1CCCCC1c1nc2cccnc2n1C1CCCN1C. The van der Waals surface area contributed by atoms with Crippen molar-refractivity contribution >= 4 is 11.2 Å². The molecule has 0 saturated carbocycles. The third-order valence-corrected chi connectivity index (χ3v) is 5.32. The normalized spacial score (nSPS) is 27.7. The summed E-state index contributed by atoms with van der Waals surface area (Å²) in [6, 6.07) is 4.52. The van der Waals surface area contributed by atoms with E-state index in [0.29, 0.717) is 12.2 Å². The molecule has 0 N–H and O–H groups in total. The molecule has 5 nitrogen and oxygen atoms in total. The lowest BCUT2D eigenvalue weighted by Gasteiger charge is -2.34. The van der Waals surface area contributed by atoms with Crippen molar-refractivity contribution in [1.82, 2.24) is 24.3 Å². The Morgan fingerprint density at radius 3 is 2.68 bits per heavy atom. The number of nitrogens with zero attached hydrogens (tertiary/aromatic N) is 5. The van der Waals surface area contributed by atoms with Gasteiger partial charge in [0.2, 0.25) is 0 Å². The maximum atomic E-state index is 5.00. The number of aromatic nitrogens is 3. The number of imidazole rings is 1. The zero-order valence-corrected chi connectivity index (χ0v) is 13.6. The first-order valence-corrected chi connectivity index (χ1v) is 8.49. The third kappa shape index (κ3) is 2.23. The highest BCUT2D eigenvalue weighted by Gasteiger charge is 2.32. The highest BCUT2D eigenvalue weighted by molar-refractivity contribution is 5.71. The highest BCUT2D eigenvalue weighted by atomic mass is 15.3. The van der Waals surface area contributed by atoms with E-state index in [1.165, 1.54) is 44.5 Å². The summed E-state index contributed by atoms with van der Waals surface area (Å²) in [5.74, 6) is 1.22. The van der Waals surface area contributed by atoms with Crippen molar-refractivity contribution in [2.45, 2.75) is 44.3 Å². The summed E-state index contributed by atoms with van der Waals surface area (Å²) in [7, 11) is 4.46. The Balaban J connectivity index is 1.85. The molecule has 4 heterocycles. The predicted octanol–water partition coefficient (Wildman–Crippen LogP) is 2.81. The number of pyridine rings is 1. The molecule has 22 heavy (non-hydrogen) atoms. The molecule has 2 atom stereocenters. The Bertz CT molecular complexity index is 664. The summed E-state index contributed by atoms with van der Waals surface area (Å²) >= 11 is 0. The Kier molecular flexibility index (Phi) is 3.62. The van der Waals surface area contributed by atoms with Crippen LogP contribution in [0.4, 0.5) is 0 Å². The number of piperidine rings is 1. The molecular formula is C17H25N5. The lowest BCUT2D eigenvalue weighted by molar-refractivity contribution is 0.161. The first kappa shape index (κ1) is 14.2. The second-order valence-corrected chi connectivity index (χ2v) is 6.78. The fourth-order valence-electron chi connectivity index (χ4n) is 4.10. The summed E-state index contributed by atoms with van der Waals surface area (Å²) < 4.78 is 2.43. The van der Waals surface area contributed by atoms with Gasteiger partial charge in [-0.2, -0.15) is 0 Å². The maximum Gasteiger partial charge on any atom is 0.161 e. The van der Waals surface area contributed by atoms with E-state index < -0.39 is 0 Å². The Morgan fingerprint density at radius 2 is 1.91 bits per heavy atom. The van der Waals surface area contributed by atoms with Gasteiger partial charge in [-0.25, -0.2) is 9.97 Å². The van der Waals surface area contributed by atoms with Crippen molar-refractivity contribution in [3.05, 3.63) is 24.2 Å². The molecule has 0 spiro atoms. The Labute approximate surface area is 131 Å². The molecule has 2 saturated heterocycles. The third-order valence-electron chi connectivity index (χ3n) is 5.32. The first-order valence-electron chi connectivity index (χ1n) is 8.49. The van der Waals surface area contributed by atoms with Crippen LogP contribution in [-0.2, 0) is 0 Å². The lowest BCUT2D eigenvalue weighted by atomic mass is 10.0. The van der Waals surface area contributed by atoms with Crippen LogP contribution in [0.5, 0.6) is 0 Å². The Morgan fingerprint density at radius 1 is 1.05 bits per heavy atom. The molecule has 0 amide bonds. The molecule has 2 aliphatic rings. The summed E-state index contributed by atoms with van der Waals surface area (Å²) in [6.07, 6.45) is 8.56. The summed E-state index contributed by atoms with van der Waals surface area (Å²) in [4.78, 5) is 14.6. The smallest absolute Gasteiger partial charge is 0.161 e. The van der Waals surface area contributed by atoms with E-state index >= 15 is 0 Å². The zero-order chi connectivity index (χ0) is 15.1. The summed E-state index contributed by atoms with van der Waals surface area (Å²) in [5.41, 5.74) is 2.09. The average Bonchev–Trinajstić information content (AvgIpc) is 3.10. The van der Waals surface area contributed by atoms with Crippen LogP contribution in [0.3, 0.4) is 0 Å². The van der Waals surface area contributed by atoms with Crippen molar-refractivity contribution in [3.8, 4) is 0 Å². The van der Waals surface area contributed by atoms with Crippen LogP contribution in [0.15, 0.2) is 18.3 Å². The van der Waals surface area contributed by atoms with Crippen molar-refractivity contribution < 1.29 is 0 Å². The molecule has 118 valence electrons. The van der Waals surface area contributed by atoms with E-state index in [0.717, 1.165) is 17.7 Å². The predicted molar refractivity (Wildman–Crippen MR) is 87.7 cm³/mol. The topological polar surface area (TPSA) is 37.2 Å². The molecule has 0 aromatic carbocycles. The van der Waals surface area contributed by atoms with E-state index in [1.807, 2.05) is 12.3 Å². The number of rotatable bonds is 2. The van der Waals surface area contributed by atoms with E-state index in [1.54, 1.807) is 0 Å². The first-order chi connectivity index (χ1) is 10.8. The molecule has 0 radical (unpaired) electrons. The standard InChI is InChI=1S/C17H25N5/c1-20-11-4-3-8-14(20)17-19-13-7-5-10-18-16(13)22(17)15-9-6-12-21(15)2/h5,7,10,14-15H,3-4,6,8-9,11-12H2,1-2H3. The quantitative estimate of drug-likeness (QED) is 0.854. The minimum atomic E-state index is 0.408. The maximum absolute atomic E-state index is 5.00. The molecule has 2 fully saturated rings. The van der Waals surface area contributed by atoms with Crippen molar-refractivity contribution in [2.24, 2.45) is 0 Å². The minimum absolute atomic E-state index is 0.408. The summed E-state index contributed by atoms with van der Waals surface area (Å²) in [6.45, 7) is 2.33. The number of hydrogen-bond acceptors (Lipinski definition) is 4. The fraction of sp³-hybridized carbons (Fsp3) is 0.647. The second kappa shape index (κ2) is 5.63. The number of hydrogen-bond donors (Lipinski definition) is 0. The molecular weight excluding hydrogens is 274 g/mol. The van der Waals surface area contributed by atoms with Crippen LogP contribution in [-0.4, -0.2) is 51.5 Å². The van der Waals surface area contributed by atoms with Crippen molar-refractivity contribution in [3.63, 3.8) is 0 Å². The molecule has 5 heteroatoms. The number of likely N-dealkylation sites (tertiary alicyclic amines) is 2. The van der Waals surface area contributed by atoms with Crippen LogP contribution in [0.25, 0.3) is 11.2 Å². The average molecular weight is 299 g/mol. The highest BCUT2D eigenvalue weighted by Crippen LogP contribution is 2.36. The van der Waals surface area contributed by atoms with Gasteiger partial charge in [-0.1, -0.05) is 6.42 Å². The van der Waals surface area contributed by atoms with Crippen LogP contribution >= 0.6 is 0 Å². The Hall–Kier alpha value is -1.46.